The number of anilines is 2. The maximum Gasteiger partial charge on any atom is 0.256 e. The van der Waals surface area contributed by atoms with Crippen molar-refractivity contribution in [1.82, 2.24) is 0 Å². The van der Waals surface area contributed by atoms with E-state index in [9.17, 15) is 9.59 Å². The van der Waals surface area contributed by atoms with Crippen LogP contribution in [-0.4, -0.2) is 17.9 Å². The molecule has 0 spiro atoms. The minimum Gasteiger partial charge on any atom is -0.373 e. The predicted molar refractivity (Wildman–Crippen MR) is 97.4 cm³/mol. The van der Waals surface area contributed by atoms with Crippen molar-refractivity contribution in [2.45, 2.75) is 12.5 Å². The summed E-state index contributed by atoms with van der Waals surface area (Å²) in [6, 6.07) is 8.96. The van der Waals surface area contributed by atoms with Crippen LogP contribution in [0.15, 0.2) is 36.4 Å². The molecule has 1 unspecified atom stereocenters. The van der Waals surface area contributed by atoms with Crippen molar-refractivity contribution in [1.29, 1.82) is 0 Å². The van der Waals surface area contributed by atoms with E-state index in [1.807, 2.05) is 0 Å². The average molecular weight is 404 g/mol. The summed E-state index contributed by atoms with van der Waals surface area (Å²) in [6.07, 6.45) is 0.00191. The summed E-state index contributed by atoms with van der Waals surface area (Å²) < 4.78 is 0. The van der Waals surface area contributed by atoms with Gasteiger partial charge in [-0.2, -0.15) is 0 Å². The predicted octanol–water partition coefficient (Wildman–Crippen LogP) is 5.04. The molecule has 2 amide bonds. The Balaban J connectivity index is 1.86. The third-order valence-corrected chi connectivity index (χ3v) is 5.13. The molecule has 1 saturated heterocycles. The van der Waals surface area contributed by atoms with E-state index in [2.05, 4.69) is 5.32 Å². The molecule has 2 aromatic carbocycles. The van der Waals surface area contributed by atoms with E-state index in [-0.39, 0.29) is 28.1 Å². The van der Waals surface area contributed by atoms with Crippen molar-refractivity contribution >= 4 is 69.6 Å². The monoisotopic (exact) mass is 402 g/mol. The van der Waals surface area contributed by atoms with E-state index in [1.54, 1.807) is 36.4 Å². The zero-order valence-electron chi connectivity index (χ0n) is 12.0. The summed E-state index contributed by atoms with van der Waals surface area (Å²) in [4.78, 5) is 25.9. The highest BCUT2D eigenvalue weighted by atomic mass is 35.5. The molecule has 4 nitrogen and oxygen atoms in total. The van der Waals surface area contributed by atoms with E-state index in [0.717, 1.165) is 4.90 Å². The molecule has 0 saturated carbocycles. The van der Waals surface area contributed by atoms with Crippen molar-refractivity contribution in [2.75, 3.05) is 10.2 Å². The lowest BCUT2D eigenvalue weighted by atomic mass is 10.2. The number of rotatable bonds is 3. The molecular weight excluding hydrogens is 394 g/mol. The smallest absolute Gasteiger partial charge is 0.256 e. The number of hydrogen-bond donors (Lipinski definition) is 1. The van der Waals surface area contributed by atoms with Crippen molar-refractivity contribution in [3.63, 3.8) is 0 Å². The van der Waals surface area contributed by atoms with Gasteiger partial charge < -0.3 is 5.32 Å². The van der Waals surface area contributed by atoms with Gasteiger partial charge in [-0.3, -0.25) is 9.59 Å². The van der Waals surface area contributed by atoms with E-state index in [1.165, 1.54) is 0 Å². The van der Waals surface area contributed by atoms with E-state index in [0.29, 0.717) is 15.7 Å². The molecule has 0 aromatic heterocycles. The third kappa shape index (κ3) is 3.20. The van der Waals surface area contributed by atoms with Gasteiger partial charge in [0.15, 0.2) is 0 Å². The number of carbonyl (C=O) groups excluding carboxylic acids is 2. The molecule has 1 N–H and O–H groups in total. The summed E-state index contributed by atoms with van der Waals surface area (Å²) in [7, 11) is 0. The molecule has 8 heteroatoms. The van der Waals surface area contributed by atoms with Gasteiger partial charge in [0.2, 0.25) is 5.91 Å². The molecule has 1 aliphatic rings. The number of imide groups is 1. The number of carbonyl (C=O) groups is 2. The fraction of sp³-hybridized carbons (Fsp3) is 0.125. The third-order valence-electron chi connectivity index (χ3n) is 3.58. The maximum atomic E-state index is 12.6. The van der Waals surface area contributed by atoms with Gasteiger partial charge in [-0.25, -0.2) is 4.90 Å². The lowest BCUT2D eigenvalue weighted by Crippen LogP contribution is -2.35. The topological polar surface area (TPSA) is 49.4 Å². The van der Waals surface area contributed by atoms with Gasteiger partial charge >= 0.3 is 0 Å². The summed E-state index contributed by atoms with van der Waals surface area (Å²) in [5.41, 5.74) is 0.868. The summed E-state index contributed by atoms with van der Waals surface area (Å²) in [5.74, 6) is -0.767. The molecule has 3 rings (SSSR count). The minimum atomic E-state index is -0.718. The zero-order chi connectivity index (χ0) is 17.4. The van der Waals surface area contributed by atoms with Crippen LogP contribution in [-0.2, 0) is 9.59 Å². The van der Waals surface area contributed by atoms with Crippen molar-refractivity contribution in [3.05, 3.63) is 56.5 Å². The van der Waals surface area contributed by atoms with E-state index >= 15 is 0 Å². The molecule has 1 atom stereocenters. The van der Waals surface area contributed by atoms with Crippen LogP contribution in [0.25, 0.3) is 0 Å². The lowest BCUT2D eigenvalue weighted by Gasteiger charge is -2.18. The Morgan fingerprint density at radius 2 is 1.71 bits per heavy atom. The number of nitrogens with zero attached hydrogens (tertiary/aromatic N) is 1. The molecule has 1 heterocycles. The Labute approximate surface area is 158 Å². The SMILES string of the molecule is O=C1CC(Nc2ccc(Cl)c(Cl)c2)C(=O)N1c1cccc(Cl)c1Cl. The van der Waals surface area contributed by atoms with Gasteiger partial charge in [0, 0.05) is 5.69 Å². The van der Waals surface area contributed by atoms with Crippen molar-refractivity contribution in [3.8, 4) is 0 Å². The maximum absolute atomic E-state index is 12.6. The van der Waals surface area contributed by atoms with Gasteiger partial charge in [0.1, 0.15) is 6.04 Å². The van der Waals surface area contributed by atoms with Gasteiger partial charge in [0.25, 0.3) is 5.91 Å². The fourth-order valence-corrected chi connectivity index (χ4v) is 3.13. The van der Waals surface area contributed by atoms with Crippen LogP contribution < -0.4 is 10.2 Å². The standard InChI is InChI=1S/C16H10Cl4N2O2/c17-9-5-4-8(6-11(9)19)21-12-7-14(23)22(16(12)24)13-3-1-2-10(18)15(13)20/h1-6,12,21H,7H2. The van der Waals surface area contributed by atoms with Gasteiger partial charge in [0.05, 0.1) is 32.2 Å². The molecular formula is C16H10Cl4N2O2. The van der Waals surface area contributed by atoms with Crippen LogP contribution in [0.3, 0.4) is 0 Å². The summed E-state index contributed by atoms with van der Waals surface area (Å²) in [5, 5.41) is 4.19. The van der Waals surface area contributed by atoms with Crippen molar-refractivity contribution < 1.29 is 9.59 Å². The second-order valence-corrected chi connectivity index (χ2v) is 6.77. The zero-order valence-corrected chi connectivity index (χ0v) is 15.0. The molecule has 2 aromatic rings. The first kappa shape index (κ1) is 17.4. The summed E-state index contributed by atoms with van der Waals surface area (Å²) in [6.45, 7) is 0. The molecule has 24 heavy (non-hydrogen) atoms. The van der Waals surface area contributed by atoms with Gasteiger partial charge in [-0.1, -0.05) is 52.5 Å². The van der Waals surface area contributed by atoms with Crippen LogP contribution in [0.4, 0.5) is 11.4 Å². The van der Waals surface area contributed by atoms with E-state index in [4.69, 9.17) is 46.4 Å². The van der Waals surface area contributed by atoms with E-state index < -0.39 is 11.9 Å². The van der Waals surface area contributed by atoms with Gasteiger partial charge in [-0.05, 0) is 30.3 Å². The number of halogens is 4. The highest BCUT2D eigenvalue weighted by Crippen LogP contribution is 2.35. The minimum absolute atomic E-state index is 0.00191. The van der Waals surface area contributed by atoms with Crippen molar-refractivity contribution in [2.24, 2.45) is 0 Å². The lowest BCUT2D eigenvalue weighted by molar-refractivity contribution is -0.121. The highest BCUT2D eigenvalue weighted by molar-refractivity contribution is 6.45. The number of hydrogen-bond acceptors (Lipinski definition) is 3. The first-order valence-corrected chi connectivity index (χ1v) is 8.42. The number of amides is 2. The van der Waals surface area contributed by atoms with Crippen LogP contribution in [0.5, 0.6) is 0 Å². The first-order valence-electron chi connectivity index (χ1n) is 6.91. The Morgan fingerprint density at radius 3 is 2.42 bits per heavy atom. The Kier molecular flexibility index (Phi) is 4.92. The van der Waals surface area contributed by atoms with Crippen LogP contribution in [0.2, 0.25) is 20.1 Å². The Hall–Kier alpha value is -1.46. The second-order valence-electron chi connectivity index (χ2n) is 5.17. The average Bonchev–Trinajstić information content (AvgIpc) is 2.80. The normalized spacial score (nSPS) is 17.5. The fourth-order valence-electron chi connectivity index (χ4n) is 2.45. The molecule has 1 aliphatic heterocycles. The quantitative estimate of drug-likeness (QED) is 0.730. The molecule has 124 valence electrons. The van der Waals surface area contributed by atoms with Crippen LogP contribution in [0.1, 0.15) is 6.42 Å². The highest BCUT2D eigenvalue weighted by Gasteiger charge is 2.40. The largest absolute Gasteiger partial charge is 0.373 e. The molecule has 0 aliphatic carbocycles. The summed E-state index contributed by atoms with van der Waals surface area (Å²) >= 11 is 23.9. The molecule has 0 bridgehead atoms. The van der Waals surface area contributed by atoms with Crippen LogP contribution in [0, 0.1) is 0 Å². The first-order chi connectivity index (χ1) is 11.4. The molecule has 0 radical (unpaired) electrons. The number of nitrogens with one attached hydrogen (secondary N) is 1. The number of benzene rings is 2. The van der Waals surface area contributed by atoms with Gasteiger partial charge in [-0.15, -0.1) is 0 Å². The Morgan fingerprint density at radius 1 is 0.958 bits per heavy atom. The molecule has 1 fully saturated rings. The Bertz CT molecular complexity index is 841. The van der Waals surface area contributed by atoms with Crippen LogP contribution >= 0.6 is 46.4 Å². The second kappa shape index (κ2) is 6.81.